The van der Waals surface area contributed by atoms with Crippen molar-refractivity contribution in [3.8, 4) is 0 Å². The number of hydrogen-bond donors (Lipinski definition) is 0. The van der Waals surface area contributed by atoms with Crippen LogP contribution in [0.1, 0.15) is 11.4 Å². The molecular formula is C7H8N4. The van der Waals surface area contributed by atoms with Gasteiger partial charge in [0, 0.05) is 6.20 Å². The molecule has 4 heteroatoms. The number of fused-ring (bicyclic) bond motifs is 1. The Labute approximate surface area is 63.9 Å². The van der Waals surface area contributed by atoms with Gasteiger partial charge in [-0.2, -0.15) is 5.10 Å². The summed E-state index contributed by atoms with van der Waals surface area (Å²) in [4.78, 5) is 8.22. The second kappa shape index (κ2) is 2.02. The van der Waals surface area contributed by atoms with Crippen LogP contribution in [0.25, 0.3) is 5.65 Å². The fourth-order valence-electron chi connectivity index (χ4n) is 1.05. The summed E-state index contributed by atoms with van der Waals surface area (Å²) in [7, 11) is 0. The van der Waals surface area contributed by atoms with Crippen LogP contribution in [0.2, 0.25) is 0 Å². The third kappa shape index (κ3) is 0.790. The lowest BCUT2D eigenvalue weighted by Crippen LogP contribution is -1.97. The topological polar surface area (TPSA) is 43.1 Å². The molecule has 2 aromatic rings. The summed E-state index contributed by atoms with van der Waals surface area (Å²) in [6, 6.07) is 0. The summed E-state index contributed by atoms with van der Waals surface area (Å²) < 4.78 is 1.78. The van der Waals surface area contributed by atoms with Gasteiger partial charge in [-0.1, -0.05) is 0 Å². The predicted octanol–water partition coefficient (Wildman–Crippen LogP) is 0.741. The highest BCUT2D eigenvalue weighted by Crippen LogP contribution is 2.04. The highest BCUT2D eigenvalue weighted by Gasteiger charge is 2.01. The second-order valence-electron chi connectivity index (χ2n) is 2.48. The van der Waals surface area contributed by atoms with E-state index in [9.17, 15) is 0 Å². The highest BCUT2D eigenvalue weighted by atomic mass is 15.3. The van der Waals surface area contributed by atoms with Crippen molar-refractivity contribution in [2.24, 2.45) is 0 Å². The molecule has 0 atom stereocenters. The largest absolute Gasteiger partial charge is 0.256 e. The van der Waals surface area contributed by atoms with Crippen molar-refractivity contribution in [2.45, 2.75) is 13.8 Å². The quantitative estimate of drug-likeness (QED) is 0.553. The van der Waals surface area contributed by atoms with E-state index >= 15 is 0 Å². The molecular weight excluding hydrogens is 140 g/mol. The van der Waals surface area contributed by atoms with E-state index in [0.29, 0.717) is 0 Å². The van der Waals surface area contributed by atoms with Gasteiger partial charge in [-0.15, -0.1) is 0 Å². The summed E-state index contributed by atoms with van der Waals surface area (Å²) in [6.45, 7) is 3.87. The van der Waals surface area contributed by atoms with Gasteiger partial charge < -0.3 is 0 Å². The van der Waals surface area contributed by atoms with Gasteiger partial charge in [0.05, 0.1) is 11.4 Å². The van der Waals surface area contributed by atoms with Crippen LogP contribution >= 0.6 is 0 Å². The van der Waals surface area contributed by atoms with Gasteiger partial charge in [0.25, 0.3) is 0 Å². The lowest BCUT2D eigenvalue weighted by atomic mass is 10.4. The average molecular weight is 148 g/mol. The first kappa shape index (κ1) is 6.27. The summed E-state index contributed by atoms with van der Waals surface area (Å²) in [5, 5.41) is 4.04. The summed E-state index contributed by atoms with van der Waals surface area (Å²) in [5.41, 5.74) is 2.75. The first-order chi connectivity index (χ1) is 5.29. The molecule has 0 N–H and O–H groups in total. The minimum Gasteiger partial charge on any atom is -0.256 e. The molecule has 0 spiro atoms. The molecule has 2 aromatic heterocycles. The van der Waals surface area contributed by atoms with E-state index in [4.69, 9.17) is 0 Å². The number of hydrogen-bond acceptors (Lipinski definition) is 3. The molecule has 0 bridgehead atoms. The Morgan fingerprint density at radius 3 is 2.82 bits per heavy atom. The van der Waals surface area contributed by atoms with E-state index in [1.807, 2.05) is 13.8 Å². The van der Waals surface area contributed by atoms with Crippen molar-refractivity contribution in [3.05, 3.63) is 23.9 Å². The van der Waals surface area contributed by atoms with Crippen molar-refractivity contribution in [1.82, 2.24) is 19.6 Å². The Kier molecular flexibility index (Phi) is 1.15. The van der Waals surface area contributed by atoms with E-state index in [-0.39, 0.29) is 0 Å². The zero-order valence-electron chi connectivity index (χ0n) is 6.44. The lowest BCUT2D eigenvalue weighted by molar-refractivity contribution is 0.888. The standard InChI is InChI=1S/C7H8N4/c1-5-3-8-6(2)7-9-4-10-11(5)7/h3-4H,1-2H3. The number of aryl methyl sites for hydroxylation is 2. The molecule has 0 saturated heterocycles. The molecule has 0 aliphatic carbocycles. The van der Waals surface area contributed by atoms with Gasteiger partial charge in [0.15, 0.2) is 5.65 Å². The molecule has 0 aliphatic rings. The monoisotopic (exact) mass is 148 g/mol. The Hall–Kier alpha value is -1.45. The maximum absolute atomic E-state index is 4.16. The van der Waals surface area contributed by atoms with Gasteiger partial charge in [0.2, 0.25) is 0 Å². The molecule has 0 amide bonds. The summed E-state index contributed by atoms with van der Waals surface area (Å²) >= 11 is 0. The van der Waals surface area contributed by atoms with Gasteiger partial charge >= 0.3 is 0 Å². The second-order valence-corrected chi connectivity index (χ2v) is 2.48. The van der Waals surface area contributed by atoms with Crippen molar-refractivity contribution in [3.63, 3.8) is 0 Å². The van der Waals surface area contributed by atoms with Crippen molar-refractivity contribution < 1.29 is 0 Å². The minimum atomic E-state index is 0.838. The molecule has 11 heavy (non-hydrogen) atoms. The maximum atomic E-state index is 4.16. The molecule has 4 nitrogen and oxygen atoms in total. The summed E-state index contributed by atoms with van der Waals surface area (Å²) in [6.07, 6.45) is 3.33. The number of aromatic nitrogens is 4. The van der Waals surface area contributed by atoms with Crippen LogP contribution < -0.4 is 0 Å². The van der Waals surface area contributed by atoms with Crippen molar-refractivity contribution in [1.29, 1.82) is 0 Å². The third-order valence-corrected chi connectivity index (χ3v) is 1.65. The molecule has 0 saturated carbocycles. The number of rotatable bonds is 0. The van der Waals surface area contributed by atoms with Crippen LogP contribution in [0.4, 0.5) is 0 Å². The Bertz CT molecular complexity index is 354. The van der Waals surface area contributed by atoms with Crippen molar-refractivity contribution >= 4 is 5.65 Å². The van der Waals surface area contributed by atoms with Gasteiger partial charge in [-0.25, -0.2) is 9.50 Å². The Morgan fingerprint density at radius 2 is 2.09 bits per heavy atom. The van der Waals surface area contributed by atoms with E-state index in [0.717, 1.165) is 17.0 Å². The Balaban J connectivity index is 2.96. The fourth-order valence-corrected chi connectivity index (χ4v) is 1.05. The summed E-state index contributed by atoms with van der Waals surface area (Å²) in [5.74, 6) is 0. The molecule has 56 valence electrons. The van der Waals surface area contributed by atoms with Gasteiger partial charge in [-0.3, -0.25) is 4.98 Å². The van der Waals surface area contributed by atoms with E-state index in [1.165, 1.54) is 6.33 Å². The Morgan fingerprint density at radius 1 is 1.27 bits per heavy atom. The first-order valence-electron chi connectivity index (χ1n) is 3.41. The normalized spacial score (nSPS) is 10.7. The molecule has 0 aliphatic heterocycles. The molecule has 2 rings (SSSR count). The van der Waals surface area contributed by atoms with Crippen LogP contribution in [-0.4, -0.2) is 19.6 Å². The molecule has 0 fully saturated rings. The zero-order chi connectivity index (χ0) is 7.84. The fraction of sp³-hybridized carbons (Fsp3) is 0.286. The average Bonchev–Trinajstić information content (AvgIpc) is 2.45. The molecule has 0 aromatic carbocycles. The van der Waals surface area contributed by atoms with Gasteiger partial charge in [-0.05, 0) is 13.8 Å². The smallest absolute Gasteiger partial charge is 0.176 e. The highest BCUT2D eigenvalue weighted by molar-refractivity contribution is 5.41. The van der Waals surface area contributed by atoms with E-state index < -0.39 is 0 Å². The van der Waals surface area contributed by atoms with Crippen LogP contribution in [0, 0.1) is 13.8 Å². The zero-order valence-corrected chi connectivity index (χ0v) is 6.44. The van der Waals surface area contributed by atoms with Gasteiger partial charge in [0.1, 0.15) is 6.33 Å². The molecule has 2 heterocycles. The predicted molar refractivity (Wildman–Crippen MR) is 40.3 cm³/mol. The van der Waals surface area contributed by atoms with Crippen LogP contribution in [0.5, 0.6) is 0 Å². The van der Waals surface area contributed by atoms with Crippen LogP contribution in [0.15, 0.2) is 12.5 Å². The van der Waals surface area contributed by atoms with E-state index in [2.05, 4.69) is 15.1 Å². The molecule has 0 unspecified atom stereocenters. The first-order valence-corrected chi connectivity index (χ1v) is 3.41. The van der Waals surface area contributed by atoms with Crippen LogP contribution in [0.3, 0.4) is 0 Å². The SMILES string of the molecule is Cc1ncc(C)n2ncnc12. The van der Waals surface area contributed by atoms with E-state index in [1.54, 1.807) is 10.7 Å². The number of nitrogens with zero attached hydrogens (tertiary/aromatic N) is 4. The lowest BCUT2D eigenvalue weighted by Gasteiger charge is -1.97. The molecule has 0 radical (unpaired) electrons. The maximum Gasteiger partial charge on any atom is 0.176 e. The van der Waals surface area contributed by atoms with Crippen molar-refractivity contribution in [2.75, 3.05) is 0 Å². The minimum absolute atomic E-state index is 0.838. The third-order valence-electron chi connectivity index (χ3n) is 1.65. The van der Waals surface area contributed by atoms with Crippen LogP contribution in [-0.2, 0) is 0 Å².